The molecule has 0 bridgehead atoms. The summed E-state index contributed by atoms with van der Waals surface area (Å²) < 4.78 is 0. The molecule has 7 heteroatoms. The number of carboxylic acids is 1. The van der Waals surface area contributed by atoms with Crippen molar-refractivity contribution in [2.75, 3.05) is 6.54 Å². The highest BCUT2D eigenvalue weighted by molar-refractivity contribution is 6.30. The molecule has 0 radical (unpaired) electrons. The fourth-order valence-corrected chi connectivity index (χ4v) is 1.36. The van der Waals surface area contributed by atoms with Crippen LogP contribution in [0.1, 0.15) is 10.4 Å². The Hall–Kier alpha value is -1.95. The molecule has 17 heavy (non-hydrogen) atoms. The molecule has 0 fully saturated rings. The van der Waals surface area contributed by atoms with Crippen molar-refractivity contribution in [3.8, 4) is 0 Å². The first kappa shape index (κ1) is 13.1. The van der Waals surface area contributed by atoms with Gasteiger partial charge in [0.25, 0.3) is 0 Å². The number of halogens is 1. The molecule has 0 amide bonds. The first-order chi connectivity index (χ1) is 7.91. The van der Waals surface area contributed by atoms with E-state index in [1.165, 1.54) is 24.3 Å². The van der Waals surface area contributed by atoms with E-state index in [9.17, 15) is 19.7 Å². The van der Waals surface area contributed by atoms with Gasteiger partial charge in [-0.3, -0.25) is 19.7 Å². The molecule has 90 valence electrons. The number of aliphatic carboxylic acids is 1. The van der Waals surface area contributed by atoms with Crippen molar-refractivity contribution in [3.63, 3.8) is 0 Å². The lowest BCUT2D eigenvalue weighted by Crippen LogP contribution is -2.30. The maximum Gasteiger partial charge on any atom is 0.321 e. The minimum Gasteiger partial charge on any atom is -0.481 e. The number of carboxylic acid groups (broad SMARTS) is 1. The Bertz CT molecular complexity index is 456. The maximum absolute atomic E-state index is 11.7. The van der Waals surface area contributed by atoms with E-state index in [4.69, 9.17) is 16.7 Å². The van der Waals surface area contributed by atoms with Crippen molar-refractivity contribution in [2.45, 2.75) is 0 Å². The van der Waals surface area contributed by atoms with Crippen LogP contribution in [0.4, 0.5) is 0 Å². The highest BCUT2D eigenvalue weighted by atomic mass is 35.5. The van der Waals surface area contributed by atoms with E-state index in [0.717, 1.165) is 0 Å². The summed E-state index contributed by atoms with van der Waals surface area (Å²) in [5, 5.41) is 19.4. The SMILES string of the molecule is O=C(O)C(C[N+](=O)[O-])C(=O)c1ccc(Cl)cc1. The monoisotopic (exact) mass is 257 g/mol. The van der Waals surface area contributed by atoms with Crippen LogP contribution >= 0.6 is 11.6 Å². The lowest BCUT2D eigenvalue weighted by Gasteiger charge is -2.06. The summed E-state index contributed by atoms with van der Waals surface area (Å²) in [5.74, 6) is -3.99. The van der Waals surface area contributed by atoms with Crippen LogP contribution in [0.2, 0.25) is 5.02 Å². The topological polar surface area (TPSA) is 97.5 Å². The van der Waals surface area contributed by atoms with Crippen LogP contribution in [0, 0.1) is 16.0 Å². The van der Waals surface area contributed by atoms with E-state index in [1.54, 1.807) is 0 Å². The zero-order chi connectivity index (χ0) is 13.0. The van der Waals surface area contributed by atoms with Gasteiger partial charge >= 0.3 is 5.97 Å². The highest BCUT2D eigenvalue weighted by Gasteiger charge is 2.32. The summed E-state index contributed by atoms with van der Waals surface area (Å²) in [4.78, 5) is 31.9. The number of benzene rings is 1. The second-order valence-corrected chi connectivity index (χ2v) is 3.71. The smallest absolute Gasteiger partial charge is 0.321 e. The van der Waals surface area contributed by atoms with Crippen molar-refractivity contribution in [3.05, 3.63) is 45.0 Å². The van der Waals surface area contributed by atoms with E-state index in [2.05, 4.69) is 0 Å². The molecule has 6 nitrogen and oxygen atoms in total. The first-order valence-electron chi connectivity index (χ1n) is 4.56. The highest BCUT2D eigenvalue weighted by Crippen LogP contribution is 2.14. The second-order valence-electron chi connectivity index (χ2n) is 3.28. The molecule has 0 saturated carbocycles. The minimum atomic E-state index is -1.67. The van der Waals surface area contributed by atoms with E-state index in [1.807, 2.05) is 0 Å². The van der Waals surface area contributed by atoms with Gasteiger partial charge in [-0.05, 0) is 24.3 Å². The van der Waals surface area contributed by atoms with Crippen molar-refractivity contribution in [1.82, 2.24) is 0 Å². The Morgan fingerprint density at radius 2 is 1.88 bits per heavy atom. The zero-order valence-electron chi connectivity index (χ0n) is 8.50. The molecule has 0 aliphatic heterocycles. The summed E-state index contributed by atoms with van der Waals surface area (Å²) in [6.45, 7) is -0.934. The molecule has 1 rings (SSSR count). The molecule has 1 N–H and O–H groups in total. The van der Waals surface area contributed by atoms with Gasteiger partial charge in [0.2, 0.25) is 6.54 Å². The third-order valence-corrected chi connectivity index (χ3v) is 2.33. The van der Waals surface area contributed by atoms with Crippen LogP contribution < -0.4 is 0 Å². The summed E-state index contributed by atoms with van der Waals surface area (Å²) >= 11 is 5.61. The molecule has 0 aromatic heterocycles. The van der Waals surface area contributed by atoms with Crippen LogP contribution in [-0.2, 0) is 4.79 Å². The van der Waals surface area contributed by atoms with Gasteiger partial charge in [-0.2, -0.15) is 0 Å². The Balaban J connectivity index is 2.95. The third kappa shape index (κ3) is 3.53. The predicted octanol–water partition coefficient (Wildman–Crippen LogP) is 1.50. The largest absolute Gasteiger partial charge is 0.481 e. The Kier molecular flexibility index (Phi) is 4.17. The molecule has 1 atom stereocenters. The van der Waals surface area contributed by atoms with Gasteiger partial charge in [0.05, 0.1) is 0 Å². The molecule has 1 aromatic carbocycles. The number of carbonyl (C=O) groups is 2. The summed E-state index contributed by atoms with van der Waals surface area (Å²) in [5.41, 5.74) is 0.0867. The van der Waals surface area contributed by atoms with Crippen molar-refractivity contribution in [1.29, 1.82) is 0 Å². The predicted molar refractivity (Wildman–Crippen MR) is 58.8 cm³/mol. The van der Waals surface area contributed by atoms with Crippen molar-refractivity contribution < 1.29 is 19.6 Å². The van der Waals surface area contributed by atoms with Gasteiger partial charge in [0.1, 0.15) is 0 Å². The standard InChI is InChI=1S/C10H8ClNO5/c11-7-3-1-6(2-4-7)9(13)8(10(14)15)5-12(16)17/h1-4,8H,5H2,(H,14,15). The van der Waals surface area contributed by atoms with E-state index < -0.39 is 29.1 Å². The molecule has 0 aliphatic carbocycles. The fourth-order valence-electron chi connectivity index (χ4n) is 1.24. The lowest BCUT2D eigenvalue weighted by molar-refractivity contribution is -0.483. The summed E-state index contributed by atoms with van der Waals surface area (Å²) in [7, 11) is 0. The van der Waals surface area contributed by atoms with E-state index in [0.29, 0.717) is 5.02 Å². The van der Waals surface area contributed by atoms with Gasteiger partial charge < -0.3 is 5.11 Å². The van der Waals surface area contributed by atoms with E-state index in [-0.39, 0.29) is 5.56 Å². The molecular formula is C10H8ClNO5. The van der Waals surface area contributed by atoms with Gasteiger partial charge in [-0.1, -0.05) is 11.6 Å². The van der Waals surface area contributed by atoms with E-state index >= 15 is 0 Å². The van der Waals surface area contributed by atoms with Crippen LogP contribution in [0.3, 0.4) is 0 Å². The third-order valence-electron chi connectivity index (χ3n) is 2.07. The number of hydrogen-bond acceptors (Lipinski definition) is 4. The average molecular weight is 258 g/mol. The quantitative estimate of drug-likeness (QED) is 0.373. The summed E-state index contributed by atoms with van der Waals surface area (Å²) in [6.07, 6.45) is 0. The van der Waals surface area contributed by atoms with Gasteiger partial charge in [0.15, 0.2) is 11.7 Å². The molecule has 0 heterocycles. The molecule has 1 aromatic rings. The van der Waals surface area contributed by atoms with Crippen LogP contribution in [0.25, 0.3) is 0 Å². The maximum atomic E-state index is 11.7. The fraction of sp³-hybridized carbons (Fsp3) is 0.200. The molecule has 0 spiro atoms. The first-order valence-corrected chi connectivity index (χ1v) is 4.94. The van der Waals surface area contributed by atoms with Crippen molar-refractivity contribution >= 4 is 23.4 Å². The van der Waals surface area contributed by atoms with Gasteiger partial charge in [-0.15, -0.1) is 0 Å². The number of ketones is 1. The molecule has 1 unspecified atom stereocenters. The number of nitro groups is 1. The Morgan fingerprint density at radius 3 is 2.29 bits per heavy atom. The number of carbonyl (C=O) groups excluding carboxylic acids is 1. The average Bonchev–Trinajstić information content (AvgIpc) is 2.25. The number of rotatable bonds is 5. The van der Waals surface area contributed by atoms with Crippen LogP contribution in [0.15, 0.2) is 24.3 Å². The van der Waals surface area contributed by atoms with Crippen LogP contribution in [0.5, 0.6) is 0 Å². The normalized spacial score (nSPS) is 11.8. The Labute approximate surface area is 101 Å². The number of nitrogens with zero attached hydrogens (tertiary/aromatic N) is 1. The summed E-state index contributed by atoms with van der Waals surface area (Å²) in [6, 6.07) is 5.50. The minimum absolute atomic E-state index is 0.0867. The lowest BCUT2D eigenvalue weighted by atomic mass is 9.98. The number of Topliss-reactive ketones (excluding diaryl/α,β-unsaturated/α-hetero) is 1. The molecular weight excluding hydrogens is 250 g/mol. The van der Waals surface area contributed by atoms with Gasteiger partial charge in [0, 0.05) is 15.5 Å². The van der Waals surface area contributed by atoms with Gasteiger partial charge in [-0.25, -0.2) is 0 Å². The molecule has 0 saturated heterocycles. The number of hydrogen-bond donors (Lipinski definition) is 1. The second kappa shape index (κ2) is 5.40. The Morgan fingerprint density at radius 1 is 1.35 bits per heavy atom. The molecule has 0 aliphatic rings. The zero-order valence-corrected chi connectivity index (χ0v) is 9.26. The van der Waals surface area contributed by atoms with Crippen molar-refractivity contribution in [2.24, 2.45) is 5.92 Å². The van der Waals surface area contributed by atoms with Crippen LogP contribution in [-0.4, -0.2) is 28.3 Å².